The maximum Gasteiger partial charge on any atom is 0.221 e. The average Bonchev–Trinajstić information content (AvgIpc) is 3.07. The van der Waals surface area contributed by atoms with Gasteiger partial charge in [-0.25, -0.2) is 4.98 Å². The second kappa shape index (κ2) is 6.26. The van der Waals surface area contributed by atoms with Crippen LogP contribution in [-0.4, -0.2) is 34.6 Å². The lowest BCUT2D eigenvalue weighted by Gasteiger charge is -2.11. The van der Waals surface area contributed by atoms with Gasteiger partial charge in [-0.05, 0) is 38.4 Å². The van der Waals surface area contributed by atoms with Gasteiger partial charge in [-0.1, -0.05) is 12.1 Å². The summed E-state index contributed by atoms with van der Waals surface area (Å²) in [5.41, 5.74) is 2.14. The van der Waals surface area contributed by atoms with Gasteiger partial charge in [0.05, 0.1) is 11.0 Å². The molecule has 5 nitrogen and oxygen atoms in total. The van der Waals surface area contributed by atoms with Crippen LogP contribution in [0.2, 0.25) is 0 Å². The Labute approximate surface area is 124 Å². The number of carbonyl (C=O) groups excluding carboxylic acids is 1. The first-order chi connectivity index (χ1) is 10.2. The molecule has 0 saturated carbocycles. The number of nitrogens with one attached hydrogen (secondary N) is 2. The fourth-order valence-electron chi connectivity index (χ4n) is 3.01. The summed E-state index contributed by atoms with van der Waals surface area (Å²) in [6.07, 6.45) is 2.88. The van der Waals surface area contributed by atoms with Gasteiger partial charge in [-0.15, -0.1) is 0 Å². The number of nitrogens with zero attached hydrogens (tertiary/aromatic N) is 2. The SMILES string of the molecule is Cc1nc2ccccc2n1CCNC(=O)CC1CCCN1. The minimum atomic E-state index is 0.136. The minimum absolute atomic E-state index is 0.136. The van der Waals surface area contributed by atoms with E-state index in [-0.39, 0.29) is 5.91 Å². The Kier molecular flexibility index (Phi) is 4.20. The number of amides is 1. The van der Waals surface area contributed by atoms with E-state index in [0.717, 1.165) is 36.4 Å². The number of fused-ring (bicyclic) bond motifs is 1. The van der Waals surface area contributed by atoms with Gasteiger partial charge < -0.3 is 15.2 Å². The summed E-state index contributed by atoms with van der Waals surface area (Å²) in [5, 5.41) is 6.36. The van der Waals surface area contributed by atoms with Crippen LogP contribution in [0.4, 0.5) is 0 Å². The van der Waals surface area contributed by atoms with E-state index in [4.69, 9.17) is 0 Å². The Morgan fingerprint density at radius 3 is 3.14 bits per heavy atom. The van der Waals surface area contributed by atoms with Gasteiger partial charge in [0.2, 0.25) is 5.91 Å². The number of carbonyl (C=O) groups is 1. The summed E-state index contributed by atoms with van der Waals surface area (Å²) < 4.78 is 2.16. The van der Waals surface area contributed by atoms with E-state index in [1.165, 1.54) is 6.42 Å². The van der Waals surface area contributed by atoms with Gasteiger partial charge >= 0.3 is 0 Å². The molecule has 2 aromatic rings. The average molecular weight is 286 g/mol. The number of hydrogen-bond donors (Lipinski definition) is 2. The van der Waals surface area contributed by atoms with Crippen molar-refractivity contribution < 1.29 is 4.79 Å². The van der Waals surface area contributed by atoms with Gasteiger partial charge in [0.1, 0.15) is 5.82 Å². The molecule has 1 unspecified atom stereocenters. The van der Waals surface area contributed by atoms with Crippen LogP contribution >= 0.6 is 0 Å². The highest BCUT2D eigenvalue weighted by molar-refractivity contribution is 5.77. The third kappa shape index (κ3) is 3.24. The third-order valence-electron chi connectivity index (χ3n) is 4.10. The fraction of sp³-hybridized carbons (Fsp3) is 0.500. The van der Waals surface area contributed by atoms with Crippen LogP contribution in [0.5, 0.6) is 0 Å². The highest BCUT2D eigenvalue weighted by atomic mass is 16.1. The molecular formula is C16H22N4O. The summed E-state index contributed by atoms with van der Waals surface area (Å²) in [6, 6.07) is 8.46. The molecule has 0 aliphatic carbocycles. The zero-order valence-electron chi connectivity index (χ0n) is 12.4. The monoisotopic (exact) mass is 286 g/mol. The molecule has 1 amide bonds. The second-order valence-corrected chi connectivity index (χ2v) is 5.65. The number of benzene rings is 1. The van der Waals surface area contributed by atoms with Gasteiger partial charge in [0, 0.05) is 25.6 Å². The maximum atomic E-state index is 11.9. The van der Waals surface area contributed by atoms with Crippen molar-refractivity contribution in [2.45, 2.75) is 38.8 Å². The molecule has 1 saturated heterocycles. The second-order valence-electron chi connectivity index (χ2n) is 5.65. The molecule has 1 atom stereocenters. The smallest absolute Gasteiger partial charge is 0.221 e. The topological polar surface area (TPSA) is 59.0 Å². The normalized spacial score (nSPS) is 18.2. The molecule has 112 valence electrons. The number of aromatic nitrogens is 2. The summed E-state index contributed by atoms with van der Waals surface area (Å²) >= 11 is 0. The van der Waals surface area contributed by atoms with Crippen LogP contribution in [0.1, 0.15) is 25.1 Å². The van der Waals surface area contributed by atoms with E-state index < -0.39 is 0 Å². The minimum Gasteiger partial charge on any atom is -0.354 e. The van der Waals surface area contributed by atoms with Crippen LogP contribution in [0.15, 0.2) is 24.3 Å². The van der Waals surface area contributed by atoms with Gasteiger partial charge in [-0.2, -0.15) is 0 Å². The summed E-state index contributed by atoms with van der Waals surface area (Å²) in [5.74, 6) is 1.12. The van der Waals surface area contributed by atoms with Crippen LogP contribution in [0.25, 0.3) is 11.0 Å². The molecule has 21 heavy (non-hydrogen) atoms. The predicted octanol–water partition coefficient (Wildman–Crippen LogP) is 1.60. The largest absolute Gasteiger partial charge is 0.354 e. The van der Waals surface area contributed by atoms with E-state index in [0.29, 0.717) is 19.0 Å². The van der Waals surface area contributed by atoms with Crippen molar-refractivity contribution in [2.24, 2.45) is 0 Å². The third-order valence-corrected chi connectivity index (χ3v) is 4.10. The lowest BCUT2D eigenvalue weighted by Crippen LogP contribution is -2.33. The highest BCUT2D eigenvalue weighted by Crippen LogP contribution is 2.14. The quantitative estimate of drug-likeness (QED) is 0.878. The maximum absolute atomic E-state index is 11.9. The van der Waals surface area contributed by atoms with E-state index in [9.17, 15) is 4.79 Å². The number of hydrogen-bond acceptors (Lipinski definition) is 3. The molecule has 0 spiro atoms. The van der Waals surface area contributed by atoms with Gasteiger partial charge in [0.25, 0.3) is 0 Å². The van der Waals surface area contributed by atoms with Crippen molar-refractivity contribution in [3.63, 3.8) is 0 Å². The van der Waals surface area contributed by atoms with Crippen molar-refractivity contribution in [1.82, 2.24) is 20.2 Å². The Morgan fingerprint density at radius 1 is 1.48 bits per heavy atom. The summed E-state index contributed by atoms with van der Waals surface area (Å²) in [7, 11) is 0. The van der Waals surface area contributed by atoms with Crippen molar-refractivity contribution in [2.75, 3.05) is 13.1 Å². The lowest BCUT2D eigenvalue weighted by molar-refractivity contribution is -0.121. The van der Waals surface area contributed by atoms with E-state index >= 15 is 0 Å². The van der Waals surface area contributed by atoms with Crippen molar-refractivity contribution >= 4 is 16.9 Å². The molecular weight excluding hydrogens is 264 g/mol. The standard InChI is InChI=1S/C16H22N4O/c1-12-19-14-6-2-3-7-15(14)20(12)10-9-18-16(21)11-13-5-4-8-17-13/h2-3,6-7,13,17H,4-5,8-11H2,1H3,(H,18,21). The first-order valence-electron chi connectivity index (χ1n) is 7.66. The van der Waals surface area contributed by atoms with Crippen LogP contribution in [-0.2, 0) is 11.3 Å². The van der Waals surface area contributed by atoms with Crippen LogP contribution < -0.4 is 10.6 Å². The van der Waals surface area contributed by atoms with E-state index in [1.54, 1.807) is 0 Å². The Morgan fingerprint density at radius 2 is 2.33 bits per heavy atom. The molecule has 5 heteroatoms. The molecule has 0 radical (unpaired) electrons. The summed E-state index contributed by atoms with van der Waals surface area (Å²) in [6.45, 7) is 4.45. The molecule has 3 rings (SSSR count). The fourth-order valence-corrected chi connectivity index (χ4v) is 3.01. The zero-order chi connectivity index (χ0) is 14.7. The van der Waals surface area contributed by atoms with Crippen LogP contribution in [0.3, 0.4) is 0 Å². The predicted molar refractivity (Wildman–Crippen MR) is 83.1 cm³/mol. The summed E-state index contributed by atoms with van der Waals surface area (Å²) in [4.78, 5) is 16.4. The molecule has 2 heterocycles. The van der Waals surface area contributed by atoms with Gasteiger partial charge in [-0.3, -0.25) is 4.79 Å². The molecule has 2 N–H and O–H groups in total. The lowest BCUT2D eigenvalue weighted by atomic mass is 10.1. The van der Waals surface area contributed by atoms with E-state index in [1.807, 2.05) is 25.1 Å². The molecule has 1 aliphatic heterocycles. The molecule has 1 aromatic carbocycles. The van der Waals surface area contributed by atoms with Gasteiger partial charge in [0.15, 0.2) is 0 Å². The number of rotatable bonds is 5. The zero-order valence-corrected chi connectivity index (χ0v) is 12.4. The number of para-hydroxylation sites is 2. The van der Waals surface area contributed by atoms with Crippen molar-refractivity contribution in [3.05, 3.63) is 30.1 Å². The number of imidazole rings is 1. The van der Waals surface area contributed by atoms with Crippen LogP contribution in [0, 0.1) is 6.92 Å². The molecule has 1 aromatic heterocycles. The van der Waals surface area contributed by atoms with E-state index in [2.05, 4.69) is 26.3 Å². The number of aryl methyl sites for hydroxylation is 1. The molecule has 1 fully saturated rings. The Hall–Kier alpha value is -1.88. The van der Waals surface area contributed by atoms with Crippen molar-refractivity contribution in [3.8, 4) is 0 Å². The van der Waals surface area contributed by atoms with Crippen molar-refractivity contribution in [1.29, 1.82) is 0 Å². The Balaban J connectivity index is 1.54. The molecule has 0 bridgehead atoms. The molecule has 1 aliphatic rings. The Bertz CT molecular complexity index is 628. The first kappa shape index (κ1) is 14.1. The first-order valence-corrected chi connectivity index (χ1v) is 7.66. The highest BCUT2D eigenvalue weighted by Gasteiger charge is 2.17.